The summed E-state index contributed by atoms with van der Waals surface area (Å²) in [7, 11) is -4.94. The van der Waals surface area contributed by atoms with Crippen molar-refractivity contribution in [1.82, 2.24) is 0 Å². The number of hydrogen-bond donors (Lipinski definition) is 5. The highest BCUT2D eigenvalue weighted by atomic mass is 31.2. The van der Waals surface area contributed by atoms with Crippen LogP contribution in [0.3, 0.4) is 0 Å². The van der Waals surface area contributed by atoms with Crippen molar-refractivity contribution in [3.8, 4) is 0 Å². The highest BCUT2D eigenvalue weighted by molar-refractivity contribution is 7.46. The summed E-state index contributed by atoms with van der Waals surface area (Å²) in [4.78, 5) is 30.6. The van der Waals surface area contributed by atoms with Gasteiger partial charge in [-0.1, -0.05) is 20.8 Å². The van der Waals surface area contributed by atoms with Crippen molar-refractivity contribution in [3.63, 3.8) is 0 Å². The van der Waals surface area contributed by atoms with Gasteiger partial charge >= 0.3 is 13.8 Å². The van der Waals surface area contributed by atoms with Crippen molar-refractivity contribution in [2.75, 3.05) is 0 Å². The van der Waals surface area contributed by atoms with E-state index in [2.05, 4.69) is 20.8 Å². The lowest BCUT2D eigenvalue weighted by molar-refractivity contribution is -0.296. The Kier molecular flexibility index (Phi) is 6.64. The molecule has 0 aliphatic heterocycles. The van der Waals surface area contributed by atoms with Crippen LogP contribution in [0.1, 0.15) is 85.0 Å². The van der Waals surface area contributed by atoms with Gasteiger partial charge in [0, 0.05) is 18.8 Å². The molecule has 0 radical (unpaired) electrons. The lowest BCUT2D eigenvalue weighted by atomic mass is 9.43. The van der Waals surface area contributed by atoms with Gasteiger partial charge in [0.15, 0.2) is 5.79 Å². The number of hydrogen-bond acceptors (Lipinski definition) is 5. The molecule has 0 bridgehead atoms. The topological polar surface area (TPSA) is 145 Å². The highest BCUT2D eigenvalue weighted by Gasteiger charge is 2.68. The average Bonchev–Trinajstić information content (AvgIpc) is 3.03. The fourth-order valence-electron chi connectivity index (χ4n) is 9.03. The van der Waals surface area contributed by atoms with Crippen LogP contribution in [-0.2, 0) is 13.9 Å². The second-order valence-electron chi connectivity index (χ2n) is 12.1. The first-order valence-electron chi connectivity index (χ1n) is 12.6. The molecule has 9 heteroatoms. The summed E-state index contributed by atoms with van der Waals surface area (Å²) in [6.07, 6.45) is 6.05. The zero-order valence-electron chi connectivity index (χ0n) is 20.0. The van der Waals surface area contributed by atoms with Crippen LogP contribution in [-0.4, -0.2) is 43.0 Å². The Morgan fingerprint density at radius 1 is 1.09 bits per heavy atom. The maximum atomic E-state index is 12.0. The van der Waals surface area contributed by atoms with Crippen molar-refractivity contribution in [3.05, 3.63) is 0 Å². The summed E-state index contributed by atoms with van der Waals surface area (Å²) in [5.74, 6) is -2.54. The normalized spacial score (nSPS) is 48.5. The largest absolute Gasteiger partial charge is 0.481 e. The number of carboxylic acid groups (broad SMARTS) is 1. The predicted octanol–water partition coefficient (Wildman–Crippen LogP) is 3.91. The van der Waals surface area contributed by atoms with Gasteiger partial charge in [-0.2, -0.15) is 0 Å². The summed E-state index contributed by atoms with van der Waals surface area (Å²) in [6.45, 7) is 6.59. The lowest BCUT2D eigenvalue weighted by Gasteiger charge is -2.64. The van der Waals surface area contributed by atoms with E-state index in [4.69, 9.17) is 9.63 Å². The van der Waals surface area contributed by atoms with Crippen molar-refractivity contribution in [1.29, 1.82) is 0 Å². The minimum absolute atomic E-state index is 0.0507. The van der Waals surface area contributed by atoms with Gasteiger partial charge in [0.2, 0.25) is 0 Å². The van der Waals surface area contributed by atoms with Crippen molar-refractivity contribution >= 4 is 13.8 Å². The molecular weight excluding hydrogens is 447 g/mol. The van der Waals surface area contributed by atoms with E-state index in [1.165, 1.54) is 0 Å². The summed E-state index contributed by atoms with van der Waals surface area (Å²) in [6, 6.07) is 0. The molecule has 8 nitrogen and oxygen atoms in total. The molecule has 5 unspecified atom stereocenters. The van der Waals surface area contributed by atoms with Crippen LogP contribution in [0.15, 0.2) is 0 Å². The molecule has 4 rings (SSSR count). The molecule has 0 amide bonds. The number of carboxylic acids is 1. The van der Waals surface area contributed by atoms with Gasteiger partial charge in [0.05, 0.1) is 6.10 Å². The minimum atomic E-state index is -4.94. The van der Waals surface area contributed by atoms with Crippen LogP contribution in [0, 0.1) is 46.3 Å². The number of phosphoric ester groups is 1. The van der Waals surface area contributed by atoms with E-state index >= 15 is 0 Å². The molecule has 4 saturated carbocycles. The minimum Gasteiger partial charge on any atom is -0.481 e. The number of aliphatic hydroxyl groups is 2. The Hall–Kier alpha value is -0.500. The molecule has 4 aliphatic carbocycles. The van der Waals surface area contributed by atoms with Gasteiger partial charge in [-0.05, 0) is 91.8 Å². The smallest absolute Gasteiger partial charge is 0.472 e. The van der Waals surface area contributed by atoms with Gasteiger partial charge in [-0.15, -0.1) is 0 Å². The van der Waals surface area contributed by atoms with Crippen LogP contribution in [0.25, 0.3) is 0 Å². The van der Waals surface area contributed by atoms with Crippen molar-refractivity contribution < 1.29 is 39.0 Å². The molecule has 5 N–H and O–H groups in total. The monoisotopic (exact) mass is 488 g/mol. The maximum Gasteiger partial charge on any atom is 0.472 e. The van der Waals surface area contributed by atoms with E-state index in [1.807, 2.05) is 0 Å². The fraction of sp³-hybridized carbons (Fsp3) is 0.958. The Morgan fingerprint density at radius 2 is 1.73 bits per heavy atom. The maximum absolute atomic E-state index is 12.0. The van der Waals surface area contributed by atoms with Gasteiger partial charge < -0.3 is 25.1 Å². The summed E-state index contributed by atoms with van der Waals surface area (Å²) < 4.78 is 17.2. The molecule has 0 aromatic heterocycles. The fourth-order valence-corrected chi connectivity index (χ4v) is 9.64. The second kappa shape index (κ2) is 8.56. The Labute approximate surface area is 196 Å². The zero-order valence-corrected chi connectivity index (χ0v) is 20.9. The number of aliphatic hydroxyl groups excluding tert-OH is 1. The Bertz CT molecular complexity index is 814. The molecule has 0 aromatic carbocycles. The predicted molar refractivity (Wildman–Crippen MR) is 121 cm³/mol. The first-order valence-corrected chi connectivity index (χ1v) is 14.1. The summed E-state index contributed by atoms with van der Waals surface area (Å²) in [5.41, 5.74) is -0.245. The van der Waals surface area contributed by atoms with E-state index in [0.717, 1.165) is 32.1 Å². The van der Waals surface area contributed by atoms with E-state index < -0.39 is 31.6 Å². The number of phosphoric acid groups is 1. The third-order valence-corrected chi connectivity index (χ3v) is 11.1. The molecule has 4 aliphatic rings. The molecule has 0 spiro atoms. The molecule has 0 saturated heterocycles. The highest BCUT2D eigenvalue weighted by Crippen LogP contribution is 2.71. The van der Waals surface area contributed by atoms with E-state index in [9.17, 15) is 29.4 Å². The third kappa shape index (κ3) is 4.45. The standard InChI is InChI=1S/C24H41O8P/c1-14(4-7-20(26)27)17-5-6-18-21-19(9-11-23(17,18)3)22(2)10-8-16(25)12-15(22)13-24(21,28)32-33(29,30)31/h14-19,21,25,28H,4-13H2,1-3H3,(H,26,27)(H2,29,30,31)/t14-,15?,16+,17-,18?,19?,21?,22+,23-,24?/m1/s1. The van der Waals surface area contributed by atoms with Crippen LogP contribution in [0.2, 0.25) is 0 Å². The molecule has 0 aromatic rings. The summed E-state index contributed by atoms with van der Waals surface area (Å²) in [5, 5.41) is 31.3. The van der Waals surface area contributed by atoms with Gasteiger partial charge in [-0.25, -0.2) is 4.57 Å². The van der Waals surface area contributed by atoms with Crippen molar-refractivity contribution in [2.24, 2.45) is 46.3 Å². The van der Waals surface area contributed by atoms with Crippen LogP contribution >= 0.6 is 7.82 Å². The van der Waals surface area contributed by atoms with Crippen LogP contribution < -0.4 is 0 Å². The molecule has 33 heavy (non-hydrogen) atoms. The van der Waals surface area contributed by atoms with E-state index in [1.54, 1.807) is 0 Å². The Morgan fingerprint density at radius 3 is 2.36 bits per heavy atom. The lowest BCUT2D eigenvalue weighted by Crippen LogP contribution is -2.64. The van der Waals surface area contributed by atoms with Crippen LogP contribution in [0.4, 0.5) is 0 Å². The molecule has 0 heterocycles. The Balaban J connectivity index is 1.69. The van der Waals surface area contributed by atoms with Crippen LogP contribution in [0.5, 0.6) is 0 Å². The van der Waals surface area contributed by atoms with E-state index in [0.29, 0.717) is 25.2 Å². The van der Waals surface area contributed by atoms with Crippen molar-refractivity contribution in [2.45, 2.75) is 96.9 Å². The van der Waals surface area contributed by atoms with Gasteiger partial charge in [0.25, 0.3) is 0 Å². The number of aliphatic carboxylic acids is 1. The second-order valence-corrected chi connectivity index (χ2v) is 13.3. The average molecular weight is 489 g/mol. The summed E-state index contributed by atoms with van der Waals surface area (Å²) >= 11 is 0. The number of carbonyl (C=O) groups is 1. The third-order valence-electron chi connectivity index (χ3n) is 10.5. The molecular formula is C24H41O8P. The molecule has 190 valence electrons. The SMILES string of the molecule is C[C@H](CCC(=O)O)[C@H]1CCC2C3C(CC[C@@]21C)[C@@]1(C)CC[C@H](O)CC1CC3(O)OP(=O)(O)O. The number of fused-ring (bicyclic) bond motifs is 5. The van der Waals surface area contributed by atoms with Gasteiger partial charge in [-0.3, -0.25) is 9.32 Å². The molecule has 10 atom stereocenters. The first-order chi connectivity index (χ1) is 15.2. The number of rotatable bonds is 6. The quantitative estimate of drug-likeness (QED) is 0.280. The van der Waals surface area contributed by atoms with E-state index in [-0.39, 0.29) is 47.3 Å². The first kappa shape index (κ1) is 25.6. The zero-order chi connectivity index (χ0) is 24.4. The molecule has 4 fully saturated rings. The van der Waals surface area contributed by atoms with Gasteiger partial charge in [0.1, 0.15) is 0 Å².